The molecule has 2 unspecified atom stereocenters. The van der Waals surface area contributed by atoms with Gasteiger partial charge < -0.3 is 9.16 Å². The van der Waals surface area contributed by atoms with Crippen LogP contribution in [0.3, 0.4) is 0 Å². The summed E-state index contributed by atoms with van der Waals surface area (Å²) in [5.41, 5.74) is 0.999. The molecular formula is C18H35IO2Si. The Hall–Kier alpha value is 0.347. The zero-order valence-electron chi connectivity index (χ0n) is 15.8. The van der Waals surface area contributed by atoms with Crippen molar-refractivity contribution >= 4 is 30.9 Å². The lowest BCUT2D eigenvalue weighted by Gasteiger charge is -2.41. The number of halogens is 1. The summed E-state index contributed by atoms with van der Waals surface area (Å²) in [5.74, 6) is 0. The third-order valence-corrected chi connectivity index (χ3v) is 9.57. The van der Waals surface area contributed by atoms with Crippen LogP contribution in [0.1, 0.15) is 54.4 Å². The maximum absolute atomic E-state index is 6.42. The molecule has 22 heavy (non-hydrogen) atoms. The Morgan fingerprint density at radius 2 is 1.77 bits per heavy atom. The van der Waals surface area contributed by atoms with Crippen molar-refractivity contribution < 1.29 is 9.16 Å². The molecule has 0 radical (unpaired) electrons. The zero-order valence-corrected chi connectivity index (χ0v) is 18.9. The van der Waals surface area contributed by atoms with Crippen LogP contribution >= 0.6 is 22.6 Å². The van der Waals surface area contributed by atoms with Gasteiger partial charge in [0.05, 0.1) is 5.60 Å². The highest BCUT2D eigenvalue weighted by molar-refractivity contribution is 14.1. The van der Waals surface area contributed by atoms with Crippen LogP contribution in [0.5, 0.6) is 0 Å². The first kappa shape index (κ1) is 22.3. The Balaban J connectivity index is 4.88. The molecule has 4 heteroatoms. The maximum atomic E-state index is 6.42. The fraction of sp³-hybridized carbons (Fsp3) is 0.778. The van der Waals surface area contributed by atoms with E-state index in [2.05, 4.69) is 89.9 Å². The Labute approximate surface area is 153 Å². The Kier molecular flexibility index (Phi) is 9.14. The second-order valence-electron chi connectivity index (χ2n) is 7.92. The van der Waals surface area contributed by atoms with Crippen LogP contribution < -0.4 is 0 Å². The summed E-state index contributed by atoms with van der Waals surface area (Å²) >= 11 is 2.35. The molecule has 0 spiro atoms. The van der Waals surface area contributed by atoms with Gasteiger partial charge in [-0.3, -0.25) is 0 Å². The number of ether oxygens (including phenoxy) is 1. The summed E-state index contributed by atoms with van der Waals surface area (Å²) in [6, 6.07) is 0. The van der Waals surface area contributed by atoms with Gasteiger partial charge in [0, 0.05) is 4.43 Å². The van der Waals surface area contributed by atoms with Gasteiger partial charge in [0.15, 0.2) is 14.6 Å². The predicted molar refractivity (Wildman–Crippen MR) is 109 cm³/mol. The smallest absolute Gasteiger partial charge is 0.195 e. The molecular weight excluding hydrogens is 403 g/mol. The summed E-state index contributed by atoms with van der Waals surface area (Å²) in [7, 11) is -1.83. The monoisotopic (exact) mass is 438 g/mol. The zero-order chi connectivity index (χ0) is 17.6. The van der Waals surface area contributed by atoms with Crippen molar-refractivity contribution in [1.82, 2.24) is 0 Å². The lowest BCUT2D eigenvalue weighted by molar-refractivity contribution is -0.139. The molecule has 0 aliphatic heterocycles. The molecule has 0 heterocycles. The van der Waals surface area contributed by atoms with Crippen LogP contribution in [0.4, 0.5) is 0 Å². The van der Waals surface area contributed by atoms with Gasteiger partial charge in [0.2, 0.25) is 0 Å². The van der Waals surface area contributed by atoms with E-state index in [1.165, 1.54) is 5.57 Å². The normalized spacial score (nSPS) is 16.8. The van der Waals surface area contributed by atoms with Gasteiger partial charge in [-0.25, -0.2) is 0 Å². The molecule has 0 saturated carbocycles. The van der Waals surface area contributed by atoms with Crippen molar-refractivity contribution in [2.75, 3.05) is 4.43 Å². The van der Waals surface area contributed by atoms with Crippen molar-refractivity contribution in [2.45, 2.75) is 84.4 Å². The standard InChI is InChI=1S/C18H35IO2Si/c1-10-18(7,13-11-12-15(2)3)20-16(14-19)21-22(8,9)17(4,5)6/h10,12,16H,1,11,13-14H2,2-9H3. The largest absolute Gasteiger partial charge is 0.392 e. The fourth-order valence-electron chi connectivity index (χ4n) is 1.75. The van der Waals surface area contributed by atoms with Crippen molar-refractivity contribution in [3.63, 3.8) is 0 Å². The molecule has 0 aromatic rings. The van der Waals surface area contributed by atoms with Crippen LogP contribution in [-0.4, -0.2) is 24.6 Å². The predicted octanol–water partition coefficient (Wildman–Crippen LogP) is 6.48. The van der Waals surface area contributed by atoms with E-state index in [1.807, 2.05) is 6.08 Å². The van der Waals surface area contributed by atoms with E-state index in [9.17, 15) is 0 Å². The van der Waals surface area contributed by atoms with Gasteiger partial charge in [-0.1, -0.05) is 61.1 Å². The minimum absolute atomic E-state index is 0.170. The van der Waals surface area contributed by atoms with Crippen molar-refractivity contribution in [1.29, 1.82) is 0 Å². The lowest BCUT2D eigenvalue weighted by Crippen LogP contribution is -2.47. The van der Waals surface area contributed by atoms with E-state index in [0.29, 0.717) is 0 Å². The van der Waals surface area contributed by atoms with E-state index in [0.717, 1.165) is 17.3 Å². The SMILES string of the molecule is C=CC(C)(CCC=C(C)C)OC(CI)O[Si](C)(C)C(C)(C)C. The highest BCUT2D eigenvalue weighted by Crippen LogP contribution is 2.38. The first-order chi connectivity index (χ1) is 9.87. The molecule has 0 aliphatic rings. The van der Waals surface area contributed by atoms with Crippen LogP contribution in [-0.2, 0) is 9.16 Å². The molecule has 0 rings (SSSR count). The van der Waals surface area contributed by atoms with Crippen molar-refractivity contribution in [3.8, 4) is 0 Å². The van der Waals surface area contributed by atoms with E-state index in [-0.39, 0.29) is 16.9 Å². The second kappa shape index (κ2) is 8.99. The van der Waals surface area contributed by atoms with E-state index in [4.69, 9.17) is 9.16 Å². The van der Waals surface area contributed by atoms with Gasteiger partial charge >= 0.3 is 0 Å². The third-order valence-electron chi connectivity index (χ3n) is 4.38. The van der Waals surface area contributed by atoms with Gasteiger partial charge in [-0.05, 0) is 51.7 Å². The molecule has 0 aromatic heterocycles. The van der Waals surface area contributed by atoms with Crippen molar-refractivity contribution in [2.24, 2.45) is 0 Å². The summed E-state index contributed by atoms with van der Waals surface area (Å²) in [6.07, 6.45) is 5.92. The van der Waals surface area contributed by atoms with E-state index in [1.54, 1.807) is 0 Å². The van der Waals surface area contributed by atoms with Gasteiger partial charge in [0.25, 0.3) is 0 Å². The number of hydrogen-bond donors (Lipinski definition) is 0. The summed E-state index contributed by atoms with van der Waals surface area (Å²) < 4.78 is 13.6. The second-order valence-corrected chi connectivity index (χ2v) is 13.6. The number of rotatable bonds is 9. The third kappa shape index (κ3) is 7.75. The molecule has 0 saturated heterocycles. The Morgan fingerprint density at radius 3 is 2.14 bits per heavy atom. The highest BCUT2D eigenvalue weighted by atomic mass is 127. The first-order valence-corrected chi connectivity index (χ1v) is 12.5. The molecule has 0 aliphatic carbocycles. The lowest BCUT2D eigenvalue weighted by atomic mass is 9.99. The summed E-state index contributed by atoms with van der Waals surface area (Å²) in [6.45, 7) is 21.6. The number of hydrogen-bond acceptors (Lipinski definition) is 2. The van der Waals surface area contributed by atoms with Crippen LogP contribution in [0.25, 0.3) is 0 Å². The van der Waals surface area contributed by atoms with Crippen molar-refractivity contribution in [3.05, 3.63) is 24.3 Å². The van der Waals surface area contributed by atoms with Gasteiger partial charge in [0.1, 0.15) is 0 Å². The summed E-state index contributed by atoms with van der Waals surface area (Å²) in [4.78, 5) is 0. The Bertz CT molecular complexity index is 381. The average molecular weight is 438 g/mol. The molecule has 0 N–H and O–H groups in total. The van der Waals surface area contributed by atoms with Gasteiger partial charge in [-0.2, -0.15) is 0 Å². The summed E-state index contributed by atoms with van der Waals surface area (Å²) in [5, 5.41) is 0.188. The molecule has 0 amide bonds. The molecule has 0 aromatic carbocycles. The fourth-order valence-corrected chi connectivity index (χ4v) is 3.59. The molecule has 130 valence electrons. The molecule has 2 nitrogen and oxygen atoms in total. The highest BCUT2D eigenvalue weighted by Gasteiger charge is 2.40. The topological polar surface area (TPSA) is 18.5 Å². The number of allylic oxidation sites excluding steroid dienone is 2. The van der Waals surface area contributed by atoms with E-state index >= 15 is 0 Å². The maximum Gasteiger partial charge on any atom is 0.195 e. The molecule has 0 bridgehead atoms. The minimum Gasteiger partial charge on any atom is -0.392 e. The van der Waals surface area contributed by atoms with E-state index < -0.39 is 8.32 Å². The average Bonchev–Trinajstić information content (AvgIpc) is 2.35. The molecule has 0 fully saturated rings. The Morgan fingerprint density at radius 1 is 1.23 bits per heavy atom. The quantitative estimate of drug-likeness (QED) is 0.135. The van der Waals surface area contributed by atoms with Gasteiger partial charge in [-0.15, -0.1) is 6.58 Å². The van der Waals surface area contributed by atoms with Crippen LogP contribution in [0.15, 0.2) is 24.3 Å². The molecule has 2 atom stereocenters. The van der Waals surface area contributed by atoms with Crippen LogP contribution in [0.2, 0.25) is 18.1 Å². The minimum atomic E-state index is -1.83. The number of alkyl halides is 1. The first-order valence-electron chi connectivity index (χ1n) is 8.05. The van der Waals surface area contributed by atoms with Crippen LogP contribution in [0, 0.1) is 0 Å².